The number of halogens is 1. The third-order valence-corrected chi connectivity index (χ3v) is 4.57. The minimum Gasteiger partial charge on any atom is -0.299 e. The second kappa shape index (κ2) is 5.90. The normalized spacial score (nSPS) is 14.2. The molecule has 0 unspecified atom stereocenters. The lowest BCUT2D eigenvalue weighted by atomic mass is 10.2. The van der Waals surface area contributed by atoms with Gasteiger partial charge in [-0.2, -0.15) is 0 Å². The molecule has 116 valence electrons. The van der Waals surface area contributed by atoms with Crippen molar-refractivity contribution in [2.75, 3.05) is 0 Å². The highest BCUT2D eigenvalue weighted by atomic mass is 35.5. The lowest BCUT2D eigenvalue weighted by Gasteiger charge is -2.08. The molecule has 0 aromatic carbocycles. The van der Waals surface area contributed by atoms with E-state index in [0.717, 1.165) is 34.4 Å². The third kappa shape index (κ3) is 3.07. The van der Waals surface area contributed by atoms with E-state index in [0.29, 0.717) is 17.0 Å². The average molecular weight is 345 g/mol. The van der Waals surface area contributed by atoms with Gasteiger partial charge in [-0.3, -0.25) is 9.55 Å². The summed E-state index contributed by atoms with van der Waals surface area (Å²) in [5.41, 5.74) is 1.02. The number of nitrogens with zero attached hydrogens (tertiary/aromatic N) is 6. The van der Waals surface area contributed by atoms with E-state index in [9.17, 15) is 0 Å². The maximum Gasteiger partial charge on any atom is 0.198 e. The monoisotopic (exact) mass is 344 g/mol. The topological polar surface area (TPSA) is 69.4 Å². The molecule has 0 amide bonds. The molecular weight excluding hydrogens is 332 g/mol. The molecule has 23 heavy (non-hydrogen) atoms. The first-order valence-corrected chi connectivity index (χ1v) is 8.44. The lowest BCUT2D eigenvalue weighted by molar-refractivity contribution is 0.668. The van der Waals surface area contributed by atoms with E-state index in [1.54, 1.807) is 18.5 Å². The van der Waals surface area contributed by atoms with Crippen molar-refractivity contribution in [3.8, 4) is 11.4 Å². The minimum absolute atomic E-state index is 0.437. The summed E-state index contributed by atoms with van der Waals surface area (Å²) in [5, 5.41) is 10.8. The van der Waals surface area contributed by atoms with E-state index >= 15 is 0 Å². The number of pyridine rings is 1. The van der Waals surface area contributed by atoms with Crippen molar-refractivity contribution in [3.05, 3.63) is 41.6 Å². The molecule has 1 fully saturated rings. The summed E-state index contributed by atoms with van der Waals surface area (Å²) in [7, 11) is 0. The highest BCUT2D eigenvalue weighted by Gasteiger charge is 2.30. The summed E-state index contributed by atoms with van der Waals surface area (Å²) in [6.45, 7) is 1.82. The van der Waals surface area contributed by atoms with E-state index in [2.05, 4.69) is 29.7 Å². The van der Waals surface area contributed by atoms with Crippen LogP contribution in [0, 0.1) is 6.92 Å². The van der Waals surface area contributed by atoms with Crippen LogP contribution in [0.4, 0.5) is 0 Å². The van der Waals surface area contributed by atoms with Gasteiger partial charge in [-0.1, -0.05) is 11.6 Å². The van der Waals surface area contributed by atoms with Crippen LogP contribution in [-0.2, 0) is 0 Å². The molecule has 8 heteroatoms. The van der Waals surface area contributed by atoms with Crippen molar-refractivity contribution < 1.29 is 0 Å². The first kappa shape index (κ1) is 14.6. The summed E-state index contributed by atoms with van der Waals surface area (Å²) in [6, 6.07) is 6.10. The molecule has 0 bridgehead atoms. The second-order valence-corrected chi connectivity index (χ2v) is 6.70. The predicted molar refractivity (Wildman–Crippen MR) is 87.4 cm³/mol. The molecule has 3 aromatic rings. The van der Waals surface area contributed by atoms with Crippen LogP contribution in [-0.4, -0.2) is 29.7 Å². The van der Waals surface area contributed by atoms with Gasteiger partial charge in [-0.25, -0.2) is 9.97 Å². The first-order valence-electron chi connectivity index (χ1n) is 7.25. The van der Waals surface area contributed by atoms with Crippen molar-refractivity contribution in [1.29, 1.82) is 0 Å². The smallest absolute Gasteiger partial charge is 0.198 e. The van der Waals surface area contributed by atoms with Gasteiger partial charge in [0.05, 0.1) is 0 Å². The summed E-state index contributed by atoms with van der Waals surface area (Å²) >= 11 is 7.48. The Morgan fingerprint density at radius 1 is 1.17 bits per heavy atom. The van der Waals surface area contributed by atoms with Crippen molar-refractivity contribution in [2.24, 2.45) is 0 Å². The van der Waals surface area contributed by atoms with Crippen LogP contribution in [0.2, 0.25) is 5.15 Å². The molecule has 0 aliphatic heterocycles. The third-order valence-electron chi connectivity index (χ3n) is 3.49. The SMILES string of the molecule is Cc1nc(Cl)cc(Sc2nnc(-c3ccncc3)n2C2CC2)n1. The Kier molecular flexibility index (Phi) is 3.74. The first-order chi connectivity index (χ1) is 11.2. The van der Waals surface area contributed by atoms with Gasteiger partial charge >= 0.3 is 0 Å². The molecule has 4 rings (SSSR count). The molecule has 0 atom stereocenters. The largest absolute Gasteiger partial charge is 0.299 e. The molecule has 3 aromatic heterocycles. The van der Waals surface area contributed by atoms with Gasteiger partial charge in [-0.05, 0) is 43.7 Å². The molecule has 0 N–H and O–H groups in total. The Labute approximate surface area is 142 Å². The second-order valence-electron chi connectivity index (χ2n) is 5.32. The van der Waals surface area contributed by atoms with Gasteiger partial charge in [0.1, 0.15) is 16.0 Å². The fraction of sp³-hybridized carbons (Fsp3) is 0.267. The Bertz CT molecular complexity index is 826. The van der Waals surface area contributed by atoms with Crippen LogP contribution in [0.25, 0.3) is 11.4 Å². The number of rotatable bonds is 4. The Morgan fingerprint density at radius 3 is 2.65 bits per heavy atom. The maximum absolute atomic E-state index is 6.02. The van der Waals surface area contributed by atoms with Gasteiger partial charge in [0, 0.05) is 30.1 Å². The molecule has 1 saturated carbocycles. The molecule has 3 heterocycles. The number of hydrogen-bond acceptors (Lipinski definition) is 6. The quantitative estimate of drug-likeness (QED) is 0.674. The van der Waals surface area contributed by atoms with Crippen molar-refractivity contribution >= 4 is 23.4 Å². The summed E-state index contributed by atoms with van der Waals surface area (Å²) in [5.74, 6) is 1.51. The van der Waals surface area contributed by atoms with Crippen LogP contribution < -0.4 is 0 Å². The van der Waals surface area contributed by atoms with E-state index < -0.39 is 0 Å². The van der Waals surface area contributed by atoms with E-state index in [-0.39, 0.29) is 0 Å². The van der Waals surface area contributed by atoms with Gasteiger partial charge < -0.3 is 0 Å². The standard InChI is InChI=1S/C15H13ClN6S/c1-9-18-12(16)8-13(19-9)23-15-21-20-14(22(15)11-2-3-11)10-4-6-17-7-5-10/h4-8,11H,2-3H2,1H3. The Balaban J connectivity index is 1.73. The van der Waals surface area contributed by atoms with Crippen molar-refractivity contribution in [2.45, 2.75) is 36.0 Å². The average Bonchev–Trinajstić information content (AvgIpc) is 3.28. The van der Waals surface area contributed by atoms with Gasteiger partial charge in [0.2, 0.25) is 0 Å². The molecular formula is C15H13ClN6S. The van der Waals surface area contributed by atoms with Gasteiger partial charge in [-0.15, -0.1) is 10.2 Å². The maximum atomic E-state index is 6.02. The summed E-state index contributed by atoms with van der Waals surface area (Å²) in [6.07, 6.45) is 5.82. The highest BCUT2D eigenvalue weighted by molar-refractivity contribution is 7.99. The van der Waals surface area contributed by atoms with E-state index in [4.69, 9.17) is 11.6 Å². The highest BCUT2D eigenvalue weighted by Crippen LogP contribution is 2.42. The summed E-state index contributed by atoms with van der Waals surface area (Å²) < 4.78 is 2.19. The Morgan fingerprint density at radius 2 is 1.96 bits per heavy atom. The van der Waals surface area contributed by atoms with Crippen molar-refractivity contribution in [3.63, 3.8) is 0 Å². The predicted octanol–water partition coefficient (Wildman–Crippen LogP) is 3.58. The zero-order chi connectivity index (χ0) is 15.8. The van der Waals surface area contributed by atoms with E-state index in [1.807, 2.05) is 19.1 Å². The van der Waals surface area contributed by atoms with Crippen LogP contribution in [0.1, 0.15) is 24.7 Å². The molecule has 6 nitrogen and oxygen atoms in total. The molecule has 0 radical (unpaired) electrons. The summed E-state index contributed by atoms with van der Waals surface area (Å²) in [4.78, 5) is 12.6. The van der Waals surface area contributed by atoms with Crippen LogP contribution in [0.3, 0.4) is 0 Å². The van der Waals surface area contributed by atoms with Gasteiger partial charge in [0.25, 0.3) is 0 Å². The van der Waals surface area contributed by atoms with Crippen LogP contribution in [0.15, 0.2) is 40.8 Å². The minimum atomic E-state index is 0.437. The zero-order valence-electron chi connectivity index (χ0n) is 12.3. The molecule has 1 aliphatic carbocycles. The molecule has 0 spiro atoms. The van der Waals surface area contributed by atoms with Gasteiger partial charge in [0.15, 0.2) is 11.0 Å². The van der Waals surface area contributed by atoms with E-state index in [1.165, 1.54) is 11.8 Å². The fourth-order valence-corrected chi connectivity index (χ4v) is 3.60. The zero-order valence-corrected chi connectivity index (χ0v) is 13.9. The number of aromatic nitrogens is 6. The number of hydrogen-bond donors (Lipinski definition) is 0. The van der Waals surface area contributed by atoms with Crippen LogP contribution in [0.5, 0.6) is 0 Å². The fourth-order valence-electron chi connectivity index (χ4n) is 2.36. The Hall–Kier alpha value is -1.99. The number of aryl methyl sites for hydroxylation is 1. The molecule has 1 aliphatic rings. The molecule has 0 saturated heterocycles. The van der Waals surface area contributed by atoms with Crippen molar-refractivity contribution in [1.82, 2.24) is 29.7 Å². The van der Waals surface area contributed by atoms with Crippen LogP contribution >= 0.6 is 23.4 Å². The lowest BCUT2D eigenvalue weighted by Crippen LogP contribution is -2.00.